The summed E-state index contributed by atoms with van der Waals surface area (Å²) in [6.07, 6.45) is 5.47. The van der Waals surface area contributed by atoms with Crippen molar-refractivity contribution in [3.63, 3.8) is 0 Å². The minimum atomic E-state index is -0.838. The van der Waals surface area contributed by atoms with Crippen molar-refractivity contribution in [1.29, 1.82) is 0 Å². The van der Waals surface area contributed by atoms with E-state index in [1.165, 1.54) is 9.78 Å². The first-order chi connectivity index (χ1) is 34.6. The number of carbonyl (C=O) groups is 3. The number of rotatable bonds is 13. The molecule has 8 heterocycles. The van der Waals surface area contributed by atoms with Gasteiger partial charge < -0.3 is 25.5 Å². The van der Waals surface area contributed by atoms with E-state index in [1.807, 2.05) is 107 Å². The number of hydrogen-bond donors (Lipinski definition) is 3. The van der Waals surface area contributed by atoms with Crippen molar-refractivity contribution >= 4 is 63.5 Å². The van der Waals surface area contributed by atoms with Crippen LogP contribution in [0.2, 0.25) is 5.02 Å². The Hall–Kier alpha value is -6.60. The average Bonchev–Trinajstić information content (AvgIpc) is 4.24. The molecule has 5 aromatic heterocycles. The first kappa shape index (κ1) is 49.0. The normalized spacial score (nSPS) is 19.4. The van der Waals surface area contributed by atoms with E-state index in [1.54, 1.807) is 39.7 Å². The van der Waals surface area contributed by atoms with Gasteiger partial charge in [-0.05, 0) is 93.5 Å². The van der Waals surface area contributed by atoms with E-state index in [4.69, 9.17) is 26.7 Å². The number of fused-ring (bicyclic) bond motifs is 3. The van der Waals surface area contributed by atoms with Gasteiger partial charge in [-0.15, -0.1) is 32.9 Å². The summed E-state index contributed by atoms with van der Waals surface area (Å²) in [5.74, 6) is 1.22. The van der Waals surface area contributed by atoms with Gasteiger partial charge in [0.15, 0.2) is 5.82 Å². The van der Waals surface area contributed by atoms with Crippen LogP contribution >= 0.6 is 34.3 Å². The standard InChI is InChI=1S/C53H57ClN12O4S2/c1-28(2)48(52(70)64-26-41(67)21-43(64)51(69)58-30(4)34-8-10-36(11-9-34)49-31(5)56-27-71-49)65-24-38(23-57-65)37-16-18-55-44(20-37)63-19-17-40(25-63)59-45(68)22-42-50-62-61-33(7)66(50)53-46(29(3)32(6)72-53)47(60-42)35-12-14-39(54)15-13-35/h8-16,18,20,23-24,27-28,30,40-43,48,67H,17,19,21-22,25-26H2,1-7H3,(H,58,69)(H,59,68)/t30-,40-,41+,42-,43-,48+/m0/s1. The van der Waals surface area contributed by atoms with E-state index in [9.17, 15) is 19.5 Å². The molecule has 6 atom stereocenters. The number of β-amino-alcohol motifs (C(OH)–C–C–N with tert-alkyl or cyclic N) is 1. The van der Waals surface area contributed by atoms with E-state index in [0.29, 0.717) is 23.9 Å². The van der Waals surface area contributed by atoms with Gasteiger partial charge in [0.25, 0.3) is 0 Å². The number of aliphatic hydroxyl groups is 1. The minimum absolute atomic E-state index is 0.0501. The lowest BCUT2D eigenvalue weighted by Crippen LogP contribution is -2.49. The molecule has 3 N–H and O–H groups in total. The molecule has 0 aliphatic carbocycles. The van der Waals surface area contributed by atoms with E-state index in [2.05, 4.69) is 49.1 Å². The lowest BCUT2D eigenvalue weighted by molar-refractivity contribution is -0.142. The highest BCUT2D eigenvalue weighted by molar-refractivity contribution is 7.15. The Labute approximate surface area is 431 Å². The number of nitrogens with one attached hydrogen (secondary N) is 2. The van der Waals surface area contributed by atoms with Crippen LogP contribution in [0.5, 0.6) is 0 Å². The first-order valence-electron chi connectivity index (χ1n) is 24.3. The second-order valence-corrected chi connectivity index (χ2v) is 21.9. The van der Waals surface area contributed by atoms with Gasteiger partial charge in [0, 0.05) is 71.1 Å². The van der Waals surface area contributed by atoms with Gasteiger partial charge in [-0.2, -0.15) is 5.10 Å². The number of likely N-dealkylation sites (tertiary alicyclic amines) is 1. The fourth-order valence-electron chi connectivity index (χ4n) is 10.2. The number of anilines is 1. The highest BCUT2D eigenvalue weighted by Crippen LogP contribution is 2.40. The molecule has 19 heteroatoms. The second-order valence-electron chi connectivity index (χ2n) is 19.4. The number of aliphatic hydroxyl groups excluding tert-OH is 1. The van der Waals surface area contributed by atoms with Crippen molar-refractivity contribution in [3.8, 4) is 26.6 Å². The lowest BCUT2D eigenvalue weighted by Gasteiger charge is -2.30. The van der Waals surface area contributed by atoms with E-state index in [0.717, 1.165) is 78.3 Å². The molecule has 3 amide bonds. The molecule has 3 aliphatic rings. The molecule has 0 spiro atoms. The number of thiazole rings is 1. The highest BCUT2D eigenvalue weighted by Gasteiger charge is 2.43. The molecule has 7 aromatic rings. The number of hydrogen-bond acceptors (Lipinski definition) is 13. The number of carbonyl (C=O) groups excluding carboxylic acids is 3. The van der Waals surface area contributed by atoms with Crippen LogP contribution in [-0.2, 0) is 14.4 Å². The summed E-state index contributed by atoms with van der Waals surface area (Å²) in [5.41, 5.74) is 10.3. The molecular weight excluding hydrogens is 968 g/mol. The fraction of sp³-hybridized carbons (Fsp3) is 0.377. The summed E-state index contributed by atoms with van der Waals surface area (Å²) in [5, 5.41) is 32.6. The molecule has 2 fully saturated rings. The molecule has 3 aliphatic heterocycles. The Morgan fingerprint density at radius 2 is 1.68 bits per heavy atom. The largest absolute Gasteiger partial charge is 0.391 e. The van der Waals surface area contributed by atoms with Crippen LogP contribution in [0.15, 0.2) is 89.8 Å². The molecule has 372 valence electrons. The molecule has 72 heavy (non-hydrogen) atoms. The van der Waals surface area contributed by atoms with Crippen LogP contribution in [0, 0.1) is 33.6 Å². The summed E-state index contributed by atoms with van der Waals surface area (Å²) in [6, 6.07) is 17.0. The van der Waals surface area contributed by atoms with Crippen LogP contribution in [0.3, 0.4) is 0 Å². The maximum absolute atomic E-state index is 14.5. The van der Waals surface area contributed by atoms with Gasteiger partial charge in [0.05, 0.1) is 46.6 Å². The van der Waals surface area contributed by atoms with Crippen molar-refractivity contribution < 1.29 is 19.5 Å². The zero-order valence-electron chi connectivity index (χ0n) is 41.2. The summed E-state index contributed by atoms with van der Waals surface area (Å²) in [7, 11) is 0. The van der Waals surface area contributed by atoms with Gasteiger partial charge in [0.2, 0.25) is 17.7 Å². The van der Waals surface area contributed by atoms with Crippen molar-refractivity contribution in [3.05, 3.63) is 134 Å². The number of halogens is 1. The Bertz CT molecular complexity index is 3200. The number of aromatic nitrogens is 7. The second kappa shape index (κ2) is 20.1. The predicted molar refractivity (Wildman–Crippen MR) is 281 cm³/mol. The number of nitrogens with zero attached hydrogens (tertiary/aromatic N) is 10. The molecule has 0 unspecified atom stereocenters. The Morgan fingerprint density at radius 1 is 0.917 bits per heavy atom. The molecule has 0 saturated carbocycles. The van der Waals surface area contributed by atoms with Crippen LogP contribution in [0.4, 0.5) is 5.82 Å². The van der Waals surface area contributed by atoms with Gasteiger partial charge in [-0.3, -0.25) is 28.6 Å². The number of amides is 3. The van der Waals surface area contributed by atoms with Crippen LogP contribution < -0.4 is 15.5 Å². The highest BCUT2D eigenvalue weighted by atomic mass is 35.5. The van der Waals surface area contributed by atoms with Gasteiger partial charge in [0.1, 0.15) is 34.8 Å². The van der Waals surface area contributed by atoms with Crippen molar-refractivity contribution in [2.24, 2.45) is 10.9 Å². The number of thiophene rings is 1. The molecule has 2 saturated heterocycles. The Kier molecular flexibility index (Phi) is 13.7. The molecular formula is C53H57ClN12O4S2. The zero-order chi connectivity index (χ0) is 50.5. The summed E-state index contributed by atoms with van der Waals surface area (Å²) >= 11 is 9.57. The van der Waals surface area contributed by atoms with Crippen LogP contribution in [0.1, 0.15) is 103 Å². The van der Waals surface area contributed by atoms with Gasteiger partial charge in [-0.25, -0.2) is 9.97 Å². The van der Waals surface area contributed by atoms with E-state index < -0.39 is 24.2 Å². The third kappa shape index (κ3) is 9.60. The SMILES string of the molecule is Cc1ncsc1-c1ccc([C@H](C)NC(=O)[C@@H]2C[C@@H](O)CN2C(=O)[C@@H](C(C)C)n2cc(-c3ccnc(N4CC[C@H](NC(=O)C[C@@H]5N=C(c6ccc(Cl)cc6)c6c(sc(C)c6C)-n6c(C)nnc65)C4)c3)cn2)cc1. The number of benzene rings is 2. The maximum Gasteiger partial charge on any atom is 0.248 e. The number of aliphatic imine (C=N–C) groups is 1. The minimum Gasteiger partial charge on any atom is -0.391 e. The summed E-state index contributed by atoms with van der Waals surface area (Å²) in [6.45, 7) is 15.2. The monoisotopic (exact) mass is 1020 g/mol. The smallest absolute Gasteiger partial charge is 0.248 e. The first-order valence-corrected chi connectivity index (χ1v) is 26.4. The topological polar surface area (TPSA) is 189 Å². The Balaban J connectivity index is 0.796. The van der Waals surface area contributed by atoms with E-state index in [-0.39, 0.29) is 55.1 Å². The average molecular weight is 1030 g/mol. The number of aryl methyl sites for hydroxylation is 3. The van der Waals surface area contributed by atoms with Gasteiger partial charge >= 0.3 is 0 Å². The van der Waals surface area contributed by atoms with Gasteiger partial charge in [-0.1, -0.05) is 61.8 Å². The van der Waals surface area contributed by atoms with Crippen molar-refractivity contribution in [2.75, 3.05) is 24.5 Å². The molecule has 0 radical (unpaired) electrons. The molecule has 16 nitrogen and oxygen atoms in total. The van der Waals surface area contributed by atoms with Crippen molar-refractivity contribution in [2.45, 2.75) is 104 Å². The summed E-state index contributed by atoms with van der Waals surface area (Å²) < 4.78 is 3.72. The molecule has 10 rings (SSSR count). The lowest BCUT2D eigenvalue weighted by atomic mass is 9.99. The molecule has 2 aromatic carbocycles. The fourth-order valence-corrected chi connectivity index (χ4v) is 12.3. The van der Waals surface area contributed by atoms with Crippen molar-refractivity contribution in [1.82, 2.24) is 50.0 Å². The van der Waals surface area contributed by atoms with Crippen LogP contribution in [0.25, 0.3) is 26.6 Å². The third-order valence-electron chi connectivity index (χ3n) is 14.1. The van der Waals surface area contributed by atoms with E-state index >= 15 is 0 Å². The maximum atomic E-state index is 14.5. The quantitative estimate of drug-likeness (QED) is 0.101. The predicted octanol–water partition coefficient (Wildman–Crippen LogP) is 8.31. The zero-order valence-corrected chi connectivity index (χ0v) is 43.6. The van der Waals surface area contributed by atoms with Crippen LogP contribution in [-0.4, -0.2) is 106 Å². The molecule has 0 bridgehead atoms. The Morgan fingerprint density at radius 3 is 2.42 bits per heavy atom. The summed E-state index contributed by atoms with van der Waals surface area (Å²) in [4.78, 5) is 62.7. The third-order valence-corrected chi connectivity index (χ3v) is 16.5. The number of pyridine rings is 1.